The lowest BCUT2D eigenvalue weighted by Crippen LogP contribution is -2.55. The maximum Gasteiger partial charge on any atom is 0.101 e. The van der Waals surface area contributed by atoms with Crippen LogP contribution in [0.1, 0.15) is 38.5 Å². The molecule has 2 nitrogen and oxygen atoms in total. The standard InChI is InChI=1S/C14H26NOPS2/c1-15(10-17(2,3)18)19(16)14-7-11-4-12(8-14)6-13(5-11)9-14/h11-13H,4-10H2,1-3H3. The molecule has 4 bridgehead atoms. The first kappa shape index (κ1) is 14.7. The van der Waals surface area contributed by atoms with Crippen molar-refractivity contribution < 1.29 is 4.21 Å². The van der Waals surface area contributed by atoms with Crippen molar-refractivity contribution in [3.05, 3.63) is 0 Å². The van der Waals surface area contributed by atoms with Crippen LogP contribution in [-0.4, -0.2) is 39.9 Å². The first-order chi connectivity index (χ1) is 8.77. The molecule has 1 atom stereocenters. The fraction of sp³-hybridized carbons (Fsp3) is 1.00. The summed E-state index contributed by atoms with van der Waals surface area (Å²) in [5, 5.41) is 0. The zero-order chi connectivity index (χ0) is 13.8. The minimum Gasteiger partial charge on any atom is -0.242 e. The Bertz CT molecular complexity index is 409. The van der Waals surface area contributed by atoms with Gasteiger partial charge < -0.3 is 0 Å². The Kier molecular flexibility index (Phi) is 3.79. The first-order valence-electron chi connectivity index (χ1n) is 7.44. The summed E-state index contributed by atoms with van der Waals surface area (Å²) < 4.78 is 15.3. The molecule has 4 rings (SSSR count). The lowest BCUT2D eigenvalue weighted by atomic mass is 9.56. The molecule has 0 aromatic rings. The second-order valence-electron chi connectivity index (χ2n) is 7.69. The van der Waals surface area contributed by atoms with E-state index >= 15 is 0 Å². The summed E-state index contributed by atoms with van der Waals surface area (Å²) in [5.41, 5.74) is 0. The van der Waals surface area contributed by atoms with Crippen molar-refractivity contribution in [3.63, 3.8) is 0 Å². The van der Waals surface area contributed by atoms with Crippen molar-refractivity contribution in [1.82, 2.24) is 4.31 Å². The molecule has 0 radical (unpaired) electrons. The highest BCUT2D eigenvalue weighted by molar-refractivity contribution is 8.14. The third-order valence-electron chi connectivity index (χ3n) is 5.18. The van der Waals surface area contributed by atoms with Crippen molar-refractivity contribution in [2.45, 2.75) is 43.3 Å². The van der Waals surface area contributed by atoms with Gasteiger partial charge in [0.2, 0.25) is 0 Å². The third-order valence-corrected chi connectivity index (χ3v) is 8.75. The monoisotopic (exact) mass is 319 g/mol. The van der Waals surface area contributed by atoms with Crippen LogP contribution in [0.4, 0.5) is 0 Å². The summed E-state index contributed by atoms with van der Waals surface area (Å²) in [5.74, 6) is 2.61. The average Bonchev–Trinajstić information content (AvgIpc) is 2.23. The second-order valence-corrected chi connectivity index (χ2v) is 16.1. The summed E-state index contributed by atoms with van der Waals surface area (Å²) >= 11 is 5.56. The van der Waals surface area contributed by atoms with Crippen LogP contribution in [0.15, 0.2) is 0 Å². The highest BCUT2D eigenvalue weighted by Crippen LogP contribution is 2.58. The van der Waals surface area contributed by atoms with E-state index in [9.17, 15) is 4.21 Å². The SMILES string of the molecule is CN(CP(C)(C)=S)S(=O)C12CC3CC(CC(C3)C1)C2. The highest BCUT2D eigenvalue weighted by atomic mass is 32.4. The first-order valence-corrected chi connectivity index (χ1v) is 12.4. The van der Waals surface area contributed by atoms with Crippen LogP contribution in [-0.2, 0) is 22.8 Å². The predicted molar refractivity (Wildman–Crippen MR) is 87.8 cm³/mol. The van der Waals surface area contributed by atoms with Gasteiger partial charge in [0.1, 0.15) is 11.0 Å². The molecule has 110 valence electrons. The summed E-state index contributed by atoms with van der Waals surface area (Å²) in [7, 11) is 1.21. The number of hydrogen-bond donors (Lipinski definition) is 0. The van der Waals surface area contributed by atoms with Gasteiger partial charge in [0.15, 0.2) is 0 Å². The van der Waals surface area contributed by atoms with Gasteiger partial charge in [0, 0.05) is 13.3 Å². The van der Waals surface area contributed by atoms with E-state index in [1.807, 2.05) is 7.05 Å². The Morgan fingerprint density at radius 1 is 1.16 bits per heavy atom. The summed E-state index contributed by atoms with van der Waals surface area (Å²) in [4.78, 5) is 0. The maximum atomic E-state index is 13.1. The van der Waals surface area contributed by atoms with Gasteiger partial charge in [0.05, 0.1) is 4.75 Å². The number of hydrogen-bond acceptors (Lipinski definition) is 2. The van der Waals surface area contributed by atoms with Crippen molar-refractivity contribution in [3.8, 4) is 0 Å². The summed E-state index contributed by atoms with van der Waals surface area (Å²) in [6, 6.07) is -1.30. The van der Waals surface area contributed by atoms with Crippen LogP contribution < -0.4 is 0 Å². The zero-order valence-electron chi connectivity index (χ0n) is 12.3. The van der Waals surface area contributed by atoms with Crippen molar-refractivity contribution in [1.29, 1.82) is 0 Å². The Hall–Kier alpha value is 0.760. The van der Waals surface area contributed by atoms with Crippen molar-refractivity contribution in [2.24, 2.45) is 17.8 Å². The van der Waals surface area contributed by atoms with Gasteiger partial charge in [0.25, 0.3) is 0 Å². The molecular formula is C14H26NOPS2. The van der Waals surface area contributed by atoms with E-state index < -0.39 is 17.0 Å². The molecule has 0 aromatic heterocycles. The Morgan fingerprint density at radius 3 is 1.95 bits per heavy atom. The summed E-state index contributed by atoms with van der Waals surface area (Å²) in [6.45, 7) is 4.32. The van der Waals surface area contributed by atoms with E-state index in [4.69, 9.17) is 11.8 Å². The van der Waals surface area contributed by atoms with Gasteiger partial charge in [-0.15, -0.1) is 0 Å². The molecule has 4 aliphatic rings. The van der Waals surface area contributed by atoms with Crippen LogP contribution >= 0.6 is 6.04 Å². The largest absolute Gasteiger partial charge is 0.242 e. The number of nitrogens with zero attached hydrogens (tertiary/aromatic N) is 1. The molecule has 5 heteroatoms. The van der Waals surface area contributed by atoms with Gasteiger partial charge in [-0.25, -0.2) is 8.51 Å². The van der Waals surface area contributed by atoms with Gasteiger partial charge in [-0.3, -0.25) is 0 Å². The average molecular weight is 319 g/mol. The maximum absolute atomic E-state index is 13.1. The molecule has 0 aliphatic heterocycles. The predicted octanol–water partition coefficient (Wildman–Crippen LogP) is 3.25. The van der Waals surface area contributed by atoms with E-state index in [1.54, 1.807) is 0 Å². The lowest BCUT2D eigenvalue weighted by molar-refractivity contribution is 0.0345. The molecule has 4 saturated carbocycles. The molecule has 4 fully saturated rings. The topological polar surface area (TPSA) is 20.3 Å². The van der Waals surface area contributed by atoms with E-state index in [1.165, 1.54) is 38.5 Å². The summed E-state index contributed by atoms with van der Waals surface area (Å²) in [6.07, 6.45) is 8.75. The molecular weight excluding hydrogens is 293 g/mol. The molecule has 0 amide bonds. The molecule has 1 unspecified atom stereocenters. The quantitative estimate of drug-likeness (QED) is 0.742. The molecule has 0 saturated heterocycles. The Balaban J connectivity index is 1.78. The Morgan fingerprint density at radius 2 is 1.58 bits per heavy atom. The molecule has 0 spiro atoms. The van der Waals surface area contributed by atoms with E-state index in [0.717, 1.165) is 24.0 Å². The van der Waals surface area contributed by atoms with Crippen LogP contribution in [0.25, 0.3) is 0 Å². The van der Waals surface area contributed by atoms with Crippen LogP contribution in [0.2, 0.25) is 0 Å². The lowest BCUT2D eigenvalue weighted by Gasteiger charge is -2.56. The molecule has 19 heavy (non-hydrogen) atoms. The molecule has 4 aliphatic carbocycles. The van der Waals surface area contributed by atoms with Crippen LogP contribution in [0.5, 0.6) is 0 Å². The zero-order valence-corrected chi connectivity index (χ0v) is 14.8. The minimum absolute atomic E-state index is 0.119. The van der Waals surface area contributed by atoms with Gasteiger partial charge in [-0.1, -0.05) is 11.8 Å². The fourth-order valence-corrected chi connectivity index (χ4v) is 9.89. The third kappa shape index (κ3) is 2.88. The smallest absolute Gasteiger partial charge is 0.101 e. The van der Waals surface area contributed by atoms with E-state index in [-0.39, 0.29) is 4.75 Å². The van der Waals surface area contributed by atoms with Crippen LogP contribution in [0, 0.1) is 17.8 Å². The normalized spacial score (nSPS) is 42.8. The minimum atomic E-state index is -1.30. The van der Waals surface area contributed by atoms with Gasteiger partial charge in [-0.2, -0.15) is 0 Å². The van der Waals surface area contributed by atoms with Crippen molar-refractivity contribution >= 4 is 28.8 Å². The fourth-order valence-electron chi connectivity index (χ4n) is 5.11. The highest BCUT2D eigenvalue weighted by Gasteiger charge is 2.54. The molecule has 0 aromatic carbocycles. The molecule has 0 heterocycles. The van der Waals surface area contributed by atoms with Crippen molar-refractivity contribution in [2.75, 3.05) is 26.7 Å². The van der Waals surface area contributed by atoms with Gasteiger partial charge in [-0.05, 0) is 75.6 Å². The van der Waals surface area contributed by atoms with E-state index in [2.05, 4.69) is 17.6 Å². The van der Waals surface area contributed by atoms with Crippen LogP contribution in [0.3, 0.4) is 0 Å². The molecule has 0 N–H and O–H groups in total. The number of rotatable bonds is 4. The second kappa shape index (κ2) is 4.90. The Labute approximate surface area is 125 Å². The van der Waals surface area contributed by atoms with Gasteiger partial charge >= 0.3 is 0 Å². The van der Waals surface area contributed by atoms with E-state index in [0.29, 0.717) is 0 Å².